The Labute approximate surface area is 99.0 Å². The highest BCUT2D eigenvalue weighted by atomic mass is 35.5. The van der Waals surface area contributed by atoms with Crippen LogP contribution in [0.4, 0.5) is 10.1 Å². The van der Waals surface area contributed by atoms with Gasteiger partial charge in [-0.15, -0.1) is 0 Å². The van der Waals surface area contributed by atoms with E-state index in [0.717, 1.165) is 6.54 Å². The maximum Gasteiger partial charge on any atom is 0.225 e. The first-order chi connectivity index (χ1) is 7.63. The third-order valence-corrected chi connectivity index (χ3v) is 2.30. The zero-order chi connectivity index (χ0) is 12.0. The van der Waals surface area contributed by atoms with Crippen molar-refractivity contribution < 1.29 is 9.18 Å². The minimum Gasteiger partial charge on any atom is -0.325 e. The fourth-order valence-electron chi connectivity index (χ4n) is 1.18. The van der Waals surface area contributed by atoms with Gasteiger partial charge in [-0.3, -0.25) is 4.79 Å². The quantitative estimate of drug-likeness (QED) is 0.781. The number of carbonyl (C=O) groups excluding carboxylic acids is 1. The zero-order valence-corrected chi connectivity index (χ0v) is 9.77. The summed E-state index contributed by atoms with van der Waals surface area (Å²) in [4.78, 5) is 11.4. The zero-order valence-electron chi connectivity index (χ0n) is 9.02. The molecule has 0 heterocycles. The Hall–Kier alpha value is -1.13. The minimum absolute atomic E-state index is 0.144. The van der Waals surface area contributed by atoms with Crippen molar-refractivity contribution >= 4 is 23.2 Å². The average Bonchev–Trinajstić information content (AvgIpc) is 2.23. The lowest BCUT2D eigenvalue weighted by Gasteiger charge is -2.07. The summed E-state index contributed by atoms with van der Waals surface area (Å²) >= 11 is 5.76. The molecule has 0 saturated carbocycles. The summed E-state index contributed by atoms with van der Waals surface area (Å²) in [5.41, 5.74) is 0.435. The summed E-state index contributed by atoms with van der Waals surface area (Å²) in [5, 5.41) is 5.86. The number of benzene rings is 1. The summed E-state index contributed by atoms with van der Waals surface area (Å²) in [7, 11) is 0. The highest BCUT2D eigenvalue weighted by molar-refractivity contribution is 6.33. The lowest BCUT2D eigenvalue weighted by atomic mass is 10.3. The average molecular weight is 245 g/mol. The van der Waals surface area contributed by atoms with E-state index in [1.165, 1.54) is 18.2 Å². The molecule has 16 heavy (non-hydrogen) atoms. The van der Waals surface area contributed by atoms with Crippen molar-refractivity contribution in [1.82, 2.24) is 5.32 Å². The molecule has 3 nitrogen and oxygen atoms in total. The van der Waals surface area contributed by atoms with Crippen LogP contribution in [0.1, 0.15) is 13.3 Å². The summed E-state index contributed by atoms with van der Waals surface area (Å²) < 4.78 is 12.7. The molecule has 0 saturated heterocycles. The maximum absolute atomic E-state index is 12.7. The van der Waals surface area contributed by atoms with Crippen LogP contribution in [0.25, 0.3) is 0 Å². The second-order valence-corrected chi connectivity index (χ2v) is 3.68. The number of carbonyl (C=O) groups is 1. The molecule has 0 aliphatic carbocycles. The van der Waals surface area contributed by atoms with E-state index < -0.39 is 5.82 Å². The van der Waals surface area contributed by atoms with E-state index in [1.54, 1.807) is 0 Å². The van der Waals surface area contributed by atoms with Gasteiger partial charge in [0.2, 0.25) is 5.91 Å². The molecule has 1 aromatic rings. The van der Waals surface area contributed by atoms with E-state index in [2.05, 4.69) is 10.6 Å². The molecule has 0 aromatic heterocycles. The lowest BCUT2D eigenvalue weighted by molar-refractivity contribution is -0.116. The van der Waals surface area contributed by atoms with E-state index in [-0.39, 0.29) is 10.9 Å². The molecule has 0 radical (unpaired) electrons. The van der Waals surface area contributed by atoms with Gasteiger partial charge >= 0.3 is 0 Å². The Kier molecular flexibility index (Phi) is 5.22. The molecule has 0 aliphatic heterocycles. The van der Waals surface area contributed by atoms with Gasteiger partial charge in [-0.05, 0) is 24.7 Å². The molecular weight excluding hydrogens is 231 g/mol. The first-order valence-corrected chi connectivity index (χ1v) is 5.47. The van der Waals surface area contributed by atoms with Crippen molar-refractivity contribution in [3.63, 3.8) is 0 Å². The molecule has 2 N–H and O–H groups in total. The molecule has 0 unspecified atom stereocenters. The number of rotatable bonds is 5. The topological polar surface area (TPSA) is 41.1 Å². The van der Waals surface area contributed by atoms with Crippen LogP contribution in [0.15, 0.2) is 18.2 Å². The second kappa shape index (κ2) is 6.45. The van der Waals surface area contributed by atoms with Gasteiger partial charge < -0.3 is 10.6 Å². The smallest absolute Gasteiger partial charge is 0.225 e. The van der Waals surface area contributed by atoms with E-state index in [1.807, 2.05) is 6.92 Å². The molecule has 1 aromatic carbocycles. The highest BCUT2D eigenvalue weighted by Gasteiger charge is 2.06. The van der Waals surface area contributed by atoms with Crippen LogP contribution in [0.5, 0.6) is 0 Å². The maximum atomic E-state index is 12.7. The number of anilines is 1. The summed E-state index contributed by atoms with van der Waals surface area (Å²) in [6, 6.07) is 3.87. The van der Waals surface area contributed by atoms with Crippen molar-refractivity contribution in [3.05, 3.63) is 29.0 Å². The van der Waals surface area contributed by atoms with Gasteiger partial charge in [0.15, 0.2) is 0 Å². The van der Waals surface area contributed by atoms with E-state index >= 15 is 0 Å². The number of nitrogens with one attached hydrogen (secondary N) is 2. The molecular formula is C11H14ClFN2O. The number of amides is 1. The van der Waals surface area contributed by atoms with Crippen LogP contribution < -0.4 is 10.6 Å². The van der Waals surface area contributed by atoms with Crippen molar-refractivity contribution in [2.75, 3.05) is 18.4 Å². The molecule has 0 fully saturated rings. The third kappa shape index (κ3) is 4.16. The van der Waals surface area contributed by atoms with Crippen LogP contribution in [-0.4, -0.2) is 19.0 Å². The minimum atomic E-state index is -0.421. The molecule has 0 aliphatic rings. The molecule has 0 spiro atoms. The number of halogens is 2. The lowest BCUT2D eigenvalue weighted by Crippen LogP contribution is -2.21. The molecule has 88 valence electrons. The summed E-state index contributed by atoms with van der Waals surface area (Å²) in [6.07, 6.45) is 0.363. The molecule has 5 heteroatoms. The van der Waals surface area contributed by atoms with Crippen LogP contribution in [-0.2, 0) is 4.79 Å². The summed E-state index contributed by atoms with van der Waals surface area (Å²) in [5.74, 6) is -0.565. The molecule has 1 rings (SSSR count). The van der Waals surface area contributed by atoms with Crippen molar-refractivity contribution in [2.45, 2.75) is 13.3 Å². The first kappa shape index (κ1) is 12.9. The van der Waals surface area contributed by atoms with Crippen molar-refractivity contribution in [1.29, 1.82) is 0 Å². The van der Waals surface area contributed by atoms with Gasteiger partial charge in [0, 0.05) is 13.0 Å². The van der Waals surface area contributed by atoms with Crippen LogP contribution in [0, 0.1) is 5.82 Å². The molecule has 0 atom stereocenters. The predicted octanol–water partition coefficient (Wildman–Crippen LogP) is 2.42. The second-order valence-electron chi connectivity index (χ2n) is 3.28. The van der Waals surface area contributed by atoms with Crippen LogP contribution >= 0.6 is 11.6 Å². The Morgan fingerprint density at radius 1 is 1.50 bits per heavy atom. The van der Waals surface area contributed by atoms with Gasteiger partial charge in [-0.2, -0.15) is 0 Å². The van der Waals surface area contributed by atoms with Gasteiger partial charge in [-0.25, -0.2) is 4.39 Å². The van der Waals surface area contributed by atoms with Gasteiger partial charge in [0.05, 0.1) is 10.7 Å². The fraction of sp³-hybridized carbons (Fsp3) is 0.364. The van der Waals surface area contributed by atoms with Gasteiger partial charge in [0.25, 0.3) is 0 Å². The van der Waals surface area contributed by atoms with Crippen LogP contribution in [0.3, 0.4) is 0 Å². The first-order valence-electron chi connectivity index (χ1n) is 5.09. The predicted molar refractivity (Wildman–Crippen MR) is 63.2 cm³/mol. The van der Waals surface area contributed by atoms with Crippen molar-refractivity contribution in [3.8, 4) is 0 Å². The normalized spacial score (nSPS) is 10.2. The largest absolute Gasteiger partial charge is 0.325 e. The van der Waals surface area contributed by atoms with Gasteiger partial charge in [0.1, 0.15) is 5.82 Å². The highest BCUT2D eigenvalue weighted by Crippen LogP contribution is 2.22. The monoisotopic (exact) mass is 244 g/mol. The van der Waals surface area contributed by atoms with E-state index in [0.29, 0.717) is 18.7 Å². The molecule has 0 bridgehead atoms. The Bertz CT molecular complexity index is 371. The van der Waals surface area contributed by atoms with Gasteiger partial charge in [-0.1, -0.05) is 18.5 Å². The third-order valence-electron chi connectivity index (χ3n) is 1.98. The Balaban J connectivity index is 2.49. The Morgan fingerprint density at radius 3 is 2.88 bits per heavy atom. The van der Waals surface area contributed by atoms with E-state index in [9.17, 15) is 9.18 Å². The Morgan fingerprint density at radius 2 is 2.25 bits per heavy atom. The molecule has 1 amide bonds. The fourth-order valence-corrected chi connectivity index (χ4v) is 1.40. The number of hydrogen-bond acceptors (Lipinski definition) is 2. The van der Waals surface area contributed by atoms with E-state index in [4.69, 9.17) is 11.6 Å². The van der Waals surface area contributed by atoms with Crippen molar-refractivity contribution in [2.24, 2.45) is 0 Å². The number of hydrogen-bond donors (Lipinski definition) is 2. The van der Waals surface area contributed by atoms with Crippen LogP contribution in [0.2, 0.25) is 5.02 Å². The standard InChI is InChI=1S/C11H14ClFN2O/c1-2-14-6-5-11(16)15-10-4-3-8(13)7-9(10)12/h3-4,7,14H,2,5-6H2,1H3,(H,15,16). The SMILES string of the molecule is CCNCCC(=O)Nc1ccc(F)cc1Cl. The summed E-state index contributed by atoms with van der Waals surface area (Å²) in [6.45, 7) is 3.40.